The molecule has 0 radical (unpaired) electrons. The fourth-order valence-electron chi connectivity index (χ4n) is 3.33. The molecule has 0 bridgehead atoms. The highest BCUT2D eigenvalue weighted by Gasteiger charge is 2.31. The highest BCUT2D eigenvalue weighted by Crippen LogP contribution is 2.31. The number of aryl methyl sites for hydroxylation is 1. The second kappa shape index (κ2) is 7.47. The Labute approximate surface area is 145 Å². The van der Waals surface area contributed by atoms with Gasteiger partial charge in [0.05, 0.1) is 11.7 Å². The molecule has 2 aromatic rings. The van der Waals surface area contributed by atoms with Crippen molar-refractivity contribution in [2.24, 2.45) is 7.05 Å². The van der Waals surface area contributed by atoms with Crippen molar-refractivity contribution in [2.45, 2.75) is 44.6 Å². The van der Waals surface area contributed by atoms with Crippen molar-refractivity contribution in [1.82, 2.24) is 14.7 Å². The summed E-state index contributed by atoms with van der Waals surface area (Å²) in [5, 5.41) is 4.55. The van der Waals surface area contributed by atoms with Gasteiger partial charge in [0, 0.05) is 19.8 Å². The van der Waals surface area contributed by atoms with E-state index in [1.807, 2.05) is 24.0 Å². The predicted molar refractivity (Wildman–Crippen MR) is 88.0 cm³/mol. The van der Waals surface area contributed by atoms with Gasteiger partial charge in [-0.15, -0.1) is 13.2 Å². The number of nitrogens with zero attached hydrogens (tertiary/aromatic N) is 3. The largest absolute Gasteiger partial charge is 0.573 e. The van der Waals surface area contributed by atoms with Crippen LogP contribution in [0.1, 0.15) is 43.0 Å². The summed E-state index contributed by atoms with van der Waals surface area (Å²) < 4.78 is 42.5. The Morgan fingerprint density at radius 1 is 1.12 bits per heavy atom. The van der Waals surface area contributed by atoms with E-state index in [9.17, 15) is 13.2 Å². The maximum absolute atomic E-state index is 12.3. The summed E-state index contributed by atoms with van der Waals surface area (Å²) in [6, 6.07) is 8.42. The minimum atomic E-state index is -4.66. The highest BCUT2D eigenvalue weighted by atomic mass is 19.4. The third-order valence-electron chi connectivity index (χ3n) is 4.48. The van der Waals surface area contributed by atoms with Gasteiger partial charge in [0.1, 0.15) is 5.75 Å². The lowest BCUT2D eigenvalue weighted by Gasteiger charge is -2.28. The standard InChI is InChI=1S/C18H22F3N3O/c1-23-12-10-16(22-23)17-5-3-2-4-11-24(17)13-14-6-8-15(9-7-14)25-18(19,20)21/h6-10,12,17H,2-5,11,13H2,1H3. The van der Waals surface area contributed by atoms with Crippen LogP contribution in [0, 0.1) is 0 Å². The van der Waals surface area contributed by atoms with Gasteiger partial charge >= 0.3 is 6.36 Å². The van der Waals surface area contributed by atoms with Crippen molar-refractivity contribution in [1.29, 1.82) is 0 Å². The molecule has 1 fully saturated rings. The molecular weight excluding hydrogens is 331 g/mol. The van der Waals surface area contributed by atoms with Crippen molar-refractivity contribution < 1.29 is 17.9 Å². The molecule has 1 atom stereocenters. The molecule has 0 N–H and O–H groups in total. The molecule has 1 aliphatic rings. The summed E-state index contributed by atoms with van der Waals surface area (Å²) in [6.45, 7) is 1.65. The zero-order valence-corrected chi connectivity index (χ0v) is 14.2. The van der Waals surface area contributed by atoms with Crippen LogP contribution in [0.2, 0.25) is 0 Å². The van der Waals surface area contributed by atoms with Gasteiger partial charge < -0.3 is 4.74 Å². The first-order chi connectivity index (χ1) is 11.9. The molecule has 4 nitrogen and oxygen atoms in total. The summed E-state index contributed by atoms with van der Waals surface area (Å²) in [7, 11) is 1.91. The van der Waals surface area contributed by atoms with Gasteiger partial charge in [-0.05, 0) is 43.1 Å². The van der Waals surface area contributed by atoms with E-state index in [4.69, 9.17) is 0 Å². The number of ether oxygens (including phenoxy) is 1. The molecule has 1 aliphatic heterocycles. The summed E-state index contributed by atoms with van der Waals surface area (Å²) in [6.07, 6.45) is 1.82. The van der Waals surface area contributed by atoms with Crippen molar-refractivity contribution in [3.05, 3.63) is 47.8 Å². The Morgan fingerprint density at radius 2 is 1.88 bits per heavy atom. The Morgan fingerprint density at radius 3 is 2.52 bits per heavy atom. The number of rotatable bonds is 4. The predicted octanol–water partition coefficient (Wildman–Crippen LogP) is 4.44. The second-order valence-electron chi connectivity index (χ2n) is 6.44. The topological polar surface area (TPSA) is 30.3 Å². The van der Waals surface area contributed by atoms with E-state index in [2.05, 4.69) is 14.7 Å². The van der Waals surface area contributed by atoms with Crippen LogP contribution in [0.25, 0.3) is 0 Å². The molecule has 136 valence electrons. The Balaban J connectivity index is 1.72. The fourth-order valence-corrected chi connectivity index (χ4v) is 3.33. The van der Waals surface area contributed by atoms with Gasteiger partial charge in [-0.2, -0.15) is 5.10 Å². The van der Waals surface area contributed by atoms with Crippen LogP contribution in [0.4, 0.5) is 13.2 Å². The van der Waals surface area contributed by atoms with E-state index in [1.54, 1.807) is 12.1 Å². The first-order valence-corrected chi connectivity index (χ1v) is 8.49. The van der Waals surface area contributed by atoms with Crippen LogP contribution in [0.15, 0.2) is 36.5 Å². The third kappa shape index (κ3) is 4.98. The summed E-state index contributed by atoms with van der Waals surface area (Å²) >= 11 is 0. The monoisotopic (exact) mass is 353 g/mol. The molecule has 1 aromatic heterocycles. The van der Waals surface area contributed by atoms with Crippen LogP contribution in [0.5, 0.6) is 5.75 Å². The smallest absolute Gasteiger partial charge is 0.406 e. The van der Waals surface area contributed by atoms with Crippen LogP contribution in [0.3, 0.4) is 0 Å². The first kappa shape index (κ1) is 17.8. The van der Waals surface area contributed by atoms with Gasteiger partial charge in [-0.25, -0.2) is 0 Å². The van der Waals surface area contributed by atoms with E-state index in [1.165, 1.54) is 18.6 Å². The van der Waals surface area contributed by atoms with Gasteiger partial charge in [0.2, 0.25) is 0 Å². The molecule has 0 amide bonds. The number of hydrogen-bond acceptors (Lipinski definition) is 3. The number of aromatic nitrogens is 2. The summed E-state index contributed by atoms with van der Waals surface area (Å²) in [5.74, 6) is -0.187. The Kier molecular flexibility index (Phi) is 5.32. The SMILES string of the molecule is Cn1ccc(C2CCCCCN2Cc2ccc(OC(F)(F)F)cc2)n1. The lowest BCUT2D eigenvalue weighted by Crippen LogP contribution is -2.28. The van der Waals surface area contributed by atoms with Gasteiger partial charge in [0.15, 0.2) is 0 Å². The zero-order valence-electron chi connectivity index (χ0n) is 14.2. The van der Waals surface area contributed by atoms with Crippen molar-refractivity contribution in [3.8, 4) is 5.75 Å². The Bertz CT molecular complexity index is 682. The van der Waals surface area contributed by atoms with E-state index in [-0.39, 0.29) is 11.8 Å². The van der Waals surface area contributed by atoms with E-state index < -0.39 is 6.36 Å². The molecule has 0 aliphatic carbocycles. The molecule has 2 heterocycles. The molecule has 0 saturated carbocycles. The number of alkyl halides is 3. The van der Waals surface area contributed by atoms with Crippen LogP contribution in [-0.2, 0) is 13.6 Å². The van der Waals surface area contributed by atoms with Crippen LogP contribution in [-0.4, -0.2) is 27.6 Å². The van der Waals surface area contributed by atoms with Crippen molar-refractivity contribution in [2.75, 3.05) is 6.54 Å². The average Bonchev–Trinajstić information content (AvgIpc) is 2.83. The maximum Gasteiger partial charge on any atom is 0.573 e. The molecule has 1 unspecified atom stereocenters. The second-order valence-corrected chi connectivity index (χ2v) is 6.44. The molecule has 3 rings (SSSR count). The van der Waals surface area contributed by atoms with Crippen LogP contribution < -0.4 is 4.74 Å². The maximum atomic E-state index is 12.3. The summed E-state index contributed by atoms with van der Waals surface area (Å²) in [5.41, 5.74) is 2.03. The number of hydrogen-bond donors (Lipinski definition) is 0. The normalized spacial score (nSPS) is 19.6. The zero-order chi connectivity index (χ0) is 17.9. The lowest BCUT2D eigenvalue weighted by molar-refractivity contribution is -0.274. The molecule has 1 aromatic carbocycles. The molecule has 25 heavy (non-hydrogen) atoms. The fraction of sp³-hybridized carbons (Fsp3) is 0.500. The summed E-state index contributed by atoms with van der Waals surface area (Å²) in [4.78, 5) is 2.37. The van der Waals surface area contributed by atoms with E-state index >= 15 is 0 Å². The van der Waals surface area contributed by atoms with Gasteiger partial charge in [0.25, 0.3) is 0 Å². The van der Waals surface area contributed by atoms with Gasteiger partial charge in [-0.1, -0.05) is 25.0 Å². The quantitative estimate of drug-likeness (QED) is 0.814. The van der Waals surface area contributed by atoms with E-state index in [0.29, 0.717) is 6.54 Å². The number of likely N-dealkylation sites (tertiary alicyclic amines) is 1. The molecule has 7 heteroatoms. The highest BCUT2D eigenvalue weighted by molar-refractivity contribution is 5.27. The molecular formula is C18H22F3N3O. The minimum Gasteiger partial charge on any atom is -0.406 e. The third-order valence-corrected chi connectivity index (χ3v) is 4.48. The van der Waals surface area contributed by atoms with Crippen LogP contribution >= 0.6 is 0 Å². The Hall–Kier alpha value is -2.02. The molecule has 0 spiro atoms. The van der Waals surface area contributed by atoms with Gasteiger partial charge in [-0.3, -0.25) is 9.58 Å². The average molecular weight is 353 g/mol. The van der Waals surface area contributed by atoms with Crippen molar-refractivity contribution >= 4 is 0 Å². The van der Waals surface area contributed by atoms with Crippen molar-refractivity contribution in [3.63, 3.8) is 0 Å². The number of halogens is 3. The minimum absolute atomic E-state index is 0.187. The lowest BCUT2D eigenvalue weighted by atomic mass is 10.1. The van der Waals surface area contributed by atoms with E-state index in [0.717, 1.165) is 37.1 Å². The molecule has 1 saturated heterocycles. The first-order valence-electron chi connectivity index (χ1n) is 8.49. The number of benzene rings is 1.